The van der Waals surface area contributed by atoms with Crippen LogP contribution in [0.1, 0.15) is 19.8 Å². The van der Waals surface area contributed by atoms with Crippen LogP contribution in [0.15, 0.2) is 35.5 Å². The van der Waals surface area contributed by atoms with Crippen LogP contribution in [-0.2, 0) is 0 Å². The predicted octanol–water partition coefficient (Wildman–Crippen LogP) is 4.31. The van der Waals surface area contributed by atoms with E-state index in [-0.39, 0.29) is 0 Å². The topological polar surface area (TPSA) is 38.3 Å². The van der Waals surface area contributed by atoms with E-state index < -0.39 is 6.09 Å². The lowest BCUT2D eigenvalue weighted by atomic mass is 10.3. The molecule has 0 saturated carbocycles. The summed E-state index contributed by atoms with van der Waals surface area (Å²) in [6.45, 7) is 2.00. The fourth-order valence-electron chi connectivity index (χ4n) is 1.11. The minimum absolute atomic E-state index is 0.312. The molecule has 0 radical (unpaired) electrons. The average Bonchev–Trinajstić information content (AvgIpc) is 2.30. The second-order valence-corrected chi connectivity index (χ2v) is 4.20. The molecule has 0 heterocycles. The molecule has 0 unspecified atom stereocenters. The Morgan fingerprint density at radius 2 is 2.18 bits per heavy atom. The van der Waals surface area contributed by atoms with Crippen LogP contribution in [0.3, 0.4) is 0 Å². The second kappa shape index (κ2) is 7.20. The molecule has 0 aliphatic rings. The van der Waals surface area contributed by atoms with Gasteiger partial charge in [0.25, 0.3) is 0 Å². The van der Waals surface area contributed by atoms with Crippen LogP contribution in [0.2, 0.25) is 5.02 Å². The van der Waals surface area contributed by atoms with Gasteiger partial charge in [0.1, 0.15) is 0 Å². The second-order valence-electron chi connectivity index (χ2n) is 3.31. The maximum absolute atomic E-state index is 11.4. The highest BCUT2D eigenvalue weighted by atomic mass is 35.5. The zero-order valence-corrected chi connectivity index (χ0v) is 10.9. The van der Waals surface area contributed by atoms with Gasteiger partial charge in [0.15, 0.2) is 5.75 Å². The van der Waals surface area contributed by atoms with Crippen LogP contribution in [-0.4, -0.2) is 6.09 Å². The molecule has 0 aliphatic carbocycles. The lowest BCUT2D eigenvalue weighted by Gasteiger charge is -2.05. The van der Waals surface area contributed by atoms with E-state index >= 15 is 0 Å². The number of hydrogen-bond acceptors (Lipinski definition) is 2. The first-order valence-corrected chi connectivity index (χ1v) is 5.96. The lowest BCUT2D eigenvalue weighted by molar-refractivity contribution is 0.204. The van der Waals surface area contributed by atoms with Crippen LogP contribution >= 0.6 is 23.2 Å². The van der Waals surface area contributed by atoms with Crippen molar-refractivity contribution in [2.45, 2.75) is 19.8 Å². The summed E-state index contributed by atoms with van der Waals surface area (Å²) in [7, 11) is 0. The van der Waals surface area contributed by atoms with Crippen LogP contribution in [0.5, 0.6) is 5.75 Å². The third-order valence-corrected chi connectivity index (χ3v) is 2.49. The maximum atomic E-state index is 11.4. The van der Waals surface area contributed by atoms with Gasteiger partial charge in [0.05, 0.1) is 5.02 Å². The molecule has 0 spiro atoms. The fourth-order valence-corrected chi connectivity index (χ4v) is 1.52. The molecule has 1 amide bonds. The molecule has 0 aromatic heterocycles. The van der Waals surface area contributed by atoms with E-state index in [0.29, 0.717) is 22.2 Å². The Bertz CT molecular complexity index is 419. The number of amides is 1. The van der Waals surface area contributed by atoms with E-state index in [1.165, 1.54) is 6.20 Å². The molecule has 1 rings (SSSR count). The van der Waals surface area contributed by atoms with Crippen molar-refractivity contribution in [3.63, 3.8) is 0 Å². The van der Waals surface area contributed by atoms with Gasteiger partial charge in [-0.2, -0.15) is 0 Å². The van der Waals surface area contributed by atoms with Crippen LogP contribution in [0.25, 0.3) is 0 Å². The van der Waals surface area contributed by atoms with E-state index in [0.717, 1.165) is 6.42 Å². The van der Waals surface area contributed by atoms with Crippen molar-refractivity contribution >= 4 is 29.3 Å². The van der Waals surface area contributed by atoms with E-state index in [1.807, 2.05) is 6.92 Å². The highest BCUT2D eigenvalue weighted by Crippen LogP contribution is 2.23. The number of hydrogen-bond donors (Lipinski definition) is 1. The third kappa shape index (κ3) is 5.11. The first-order chi connectivity index (χ1) is 8.13. The minimum Gasteiger partial charge on any atom is -0.409 e. The van der Waals surface area contributed by atoms with Gasteiger partial charge in [-0.1, -0.05) is 48.7 Å². The zero-order chi connectivity index (χ0) is 12.7. The lowest BCUT2D eigenvalue weighted by Crippen LogP contribution is -2.21. The monoisotopic (exact) mass is 273 g/mol. The molecule has 3 nitrogen and oxygen atoms in total. The number of nitrogens with one attached hydrogen (secondary N) is 1. The van der Waals surface area contributed by atoms with Gasteiger partial charge in [-0.15, -0.1) is 0 Å². The largest absolute Gasteiger partial charge is 0.416 e. The Labute approximate surface area is 110 Å². The first kappa shape index (κ1) is 13.9. The number of benzene rings is 1. The van der Waals surface area contributed by atoms with Crippen molar-refractivity contribution < 1.29 is 9.53 Å². The van der Waals surface area contributed by atoms with Gasteiger partial charge < -0.3 is 4.74 Å². The minimum atomic E-state index is -0.618. The van der Waals surface area contributed by atoms with E-state index in [4.69, 9.17) is 27.9 Å². The standard InChI is InChI=1S/C12H13Cl2NO2/c1-2-5-9(13)8-15-12(16)17-11-7-4-3-6-10(11)14/h3-4,6-8H,2,5H2,1H3,(H,15,16). The molecule has 1 aromatic rings. The number of para-hydroxylation sites is 1. The molecule has 0 bridgehead atoms. The van der Waals surface area contributed by atoms with Gasteiger partial charge in [-0.05, 0) is 18.6 Å². The van der Waals surface area contributed by atoms with Crippen molar-refractivity contribution in [1.82, 2.24) is 5.32 Å². The average molecular weight is 274 g/mol. The van der Waals surface area contributed by atoms with Gasteiger partial charge >= 0.3 is 6.09 Å². The summed E-state index contributed by atoms with van der Waals surface area (Å²) in [5, 5.41) is 3.38. The number of carbonyl (C=O) groups excluding carboxylic acids is 1. The summed E-state index contributed by atoms with van der Waals surface area (Å²) < 4.78 is 4.99. The molecule has 0 fully saturated rings. The maximum Gasteiger partial charge on any atom is 0.416 e. The molecule has 17 heavy (non-hydrogen) atoms. The van der Waals surface area contributed by atoms with Crippen LogP contribution in [0, 0.1) is 0 Å². The summed E-state index contributed by atoms with van der Waals surface area (Å²) in [4.78, 5) is 11.4. The number of halogens is 2. The molecule has 0 atom stereocenters. The van der Waals surface area contributed by atoms with Crippen molar-refractivity contribution in [2.75, 3.05) is 0 Å². The highest BCUT2D eigenvalue weighted by Gasteiger charge is 2.05. The molecular formula is C12H13Cl2NO2. The molecule has 1 N–H and O–H groups in total. The molecule has 0 saturated heterocycles. The van der Waals surface area contributed by atoms with Gasteiger partial charge in [0.2, 0.25) is 0 Å². The molecule has 5 heteroatoms. The van der Waals surface area contributed by atoms with Crippen molar-refractivity contribution in [3.8, 4) is 5.75 Å². The number of rotatable bonds is 4. The Morgan fingerprint density at radius 3 is 2.82 bits per heavy atom. The summed E-state index contributed by atoms with van der Waals surface area (Å²) in [6, 6.07) is 6.74. The molecular weight excluding hydrogens is 261 g/mol. The zero-order valence-electron chi connectivity index (χ0n) is 9.37. The quantitative estimate of drug-likeness (QED) is 0.888. The number of ether oxygens (including phenoxy) is 1. The first-order valence-electron chi connectivity index (χ1n) is 5.21. The number of allylic oxidation sites excluding steroid dienone is 1. The van der Waals surface area contributed by atoms with Crippen LogP contribution < -0.4 is 10.1 Å². The van der Waals surface area contributed by atoms with Gasteiger partial charge in [-0.25, -0.2) is 4.79 Å². The highest BCUT2D eigenvalue weighted by molar-refractivity contribution is 6.32. The van der Waals surface area contributed by atoms with E-state index in [2.05, 4.69) is 5.32 Å². The normalized spacial score (nSPS) is 11.1. The summed E-state index contributed by atoms with van der Waals surface area (Å²) >= 11 is 11.7. The fraction of sp³-hybridized carbons (Fsp3) is 0.250. The third-order valence-electron chi connectivity index (χ3n) is 1.87. The molecule has 0 aliphatic heterocycles. The summed E-state index contributed by atoms with van der Waals surface area (Å²) in [6.07, 6.45) is 2.43. The summed E-state index contributed by atoms with van der Waals surface area (Å²) in [5.74, 6) is 0.312. The Morgan fingerprint density at radius 1 is 1.47 bits per heavy atom. The SMILES string of the molecule is CCCC(Cl)=CNC(=O)Oc1ccccc1Cl. The van der Waals surface area contributed by atoms with Crippen molar-refractivity contribution in [3.05, 3.63) is 40.5 Å². The summed E-state index contributed by atoms with van der Waals surface area (Å²) in [5.41, 5.74) is 0. The van der Waals surface area contributed by atoms with Crippen molar-refractivity contribution in [2.24, 2.45) is 0 Å². The van der Waals surface area contributed by atoms with Crippen molar-refractivity contribution in [1.29, 1.82) is 0 Å². The van der Waals surface area contributed by atoms with E-state index in [9.17, 15) is 4.79 Å². The van der Waals surface area contributed by atoms with E-state index in [1.54, 1.807) is 24.3 Å². The van der Waals surface area contributed by atoms with Crippen LogP contribution in [0.4, 0.5) is 4.79 Å². The Hall–Kier alpha value is -1.19. The Kier molecular flexibility index (Phi) is 5.87. The smallest absolute Gasteiger partial charge is 0.409 e. The molecule has 92 valence electrons. The predicted molar refractivity (Wildman–Crippen MR) is 69.5 cm³/mol. The van der Waals surface area contributed by atoms with Gasteiger partial charge in [-0.3, -0.25) is 5.32 Å². The van der Waals surface area contributed by atoms with Gasteiger partial charge in [0, 0.05) is 11.2 Å². The number of carbonyl (C=O) groups is 1. The molecule has 1 aromatic carbocycles. The Balaban J connectivity index is 2.51.